The van der Waals surface area contributed by atoms with Gasteiger partial charge in [0.05, 0.1) is 17.8 Å². The van der Waals surface area contributed by atoms with E-state index in [1.54, 1.807) is 6.07 Å². The van der Waals surface area contributed by atoms with Crippen LogP contribution in [0.15, 0.2) is 23.1 Å². The number of thiol groups is 1. The fourth-order valence-electron chi connectivity index (χ4n) is 2.49. The summed E-state index contributed by atoms with van der Waals surface area (Å²) in [7, 11) is 0. The molecular weight excluding hydrogens is 260 g/mol. The molecular formula is C15H20O3S. The van der Waals surface area contributed by atoms with Gasteiger partial charge in [0.1, 0.15) is 6.10 Å². The van der Waals surface area contributed by atoms with E-state index in [-0.39, 0.29) is 24.3 Å². The molecule has 19 heavy (non-hydrogen) atoms. The lowest BCUT2D eigenvalue weighted by molar-refractivity contribution is -0.0855. The predicted molar refractivity (Wildman–Crippen MR) is 76.9 cm³/mol. The van der Waals surface area contributed by atoms with Gasteiger partial charge in [-0.25, -0.2) is 4.79 Å². The fourth-order valence-corrected chi connectivity index (χ4v) is 2.69. The second-order valence-corrected chi connectivity index (χ2v) is 5.77. The zero-order valence-corrected chi connectivity index (χ0v) is 12.4. The van der Waals surface area contributed by atoms with E-state index in [1.807, 2.05) is 32.9 Å². The molecule has 104 valence electrons. The van der Waals surface area contributed by atoms with Crippen LogP contribution in [0.2, 0.25) is 0 Å². The number of esters is 1. The van der Waals surface area contributed by atoms with Gasteiger partial charge in [0, 0.05) is 17.7 Å². The summed E-state index contributed by atoms with van der Waals surface area (Å²) in [5, 5.41) is 0. The quantitative estimate of drug-likeness (QED) is 0.666. The van der Waals surface area contributed by atoms with Gasteiger partial charge in [-0.05, 0) is 38.5 Å². The fraction of sp³-hybridized carbons (Fsp3) is 0.533. The van der Waals surface area contributed by atoms with Crippen molar-refractivity contribution in [3.05, 3.63) is 29.3 Å². The molecule has 1 aromatic rings. The van der Waals surface area contributed by atoms with Crippen molar-refractivity contribution in [2.45, 2.75) is 56.8 Å². The van der Waals surface area contributed by atoms with Crippen LogP contribution in [0.1, 0.15) is 42.6 Å². The molecule has 0 aliphatic carbocycles. The summed E-state index contributed by atoms with van der Waals surface area (Å²) in [6.07, 6.45) is 1.73. The molecule has 2 rings (SSSR count). The van der Waals surface area contributed by atoms with E-state index in [2.05, 4.69) is 12.6 Å². The van der Waals surface area contributed by atoms with Crippen molar-refractivity contribution in [3.8, 4) is 0 Å². The minimum absolute atomic E-state index is 0.0609. The molecule has 0 radical (unpaired) electrons. The lowest BCUT2D eigenvalue weighted by Crippen LogP contribution is -2.35. The Morgan fingerprint density at radius 3 is 2.58 bits per heavy atom. The highest BCUT2D eigenvalue weighted by atomic mass is 32.1. The molecule has 1 fully saturated rings. The molecule has 2 unspecified atom stereocenters. The summed E-state index contributed by atoms with van der Waals surface area (Å²) in [6, 6.07) is 5.51. The van der Waals surface area contributed by atoms with E-state index >= 15 is 0 Å². The Kier molecular flexibility index (Phi) is 4.53. The molecule has 0 amide bonds. The van der Waals surface area contributed by atoms with Gasteiger partial charge in [-0.15, -0.1) is 12.6 Å². The normalized spacial score (nSPS) is 27.1. The van der Waals surface area contributed by atoms with Crippen LogP contribution < -0.4 is 0 Å². The van der Waals surface area contributed by atoms with Gasteiger partial charge in [-0.2, -0.15) is 0 Å². The first-order valence-corrected chi connectivity index (χ1v) is 7.06. The number of carbonyl (C=O) groups is 1. The van der Waals surface area contributed by atoms with Gasteiger partial charge in [-0.3, -0.25) is 0 Å². The lowest BCUT2D eigenvalue weighted by Gasteiger charge is -2.31. The van der Waals surface area contributed by atoms with Crippen LogP contribution in [0.25, 0.3) is 0 Å². The zero-order chi connectivity index (χ0) is 14.0. The summed E-state index contributed by atoms with van der Waals surface area (Å²) in [4.78, 5) is 13.0. The first-order valence-electron chi connectivity index (χ1n) is 6.61. The molecule has 1 aliphatic heterocycles. The van der Waals surface area contributed by atoms with E-state index in [0.717, 1.165) is 23.3 Å². The van der Waals surface area contributed by atoms with Crippen molar-refractivity contribution in [1.82, 2.24) is 0 Å². The van der Waals surface area contributed by atoms with Gasteiger partial charge >= 0.3 is 5.97 Å². The number of hydrogen-bond acceptors (Lipinski definition) is 4. The van der Waals surface area contributed by atoms with Crippen molar-refractivity contribution in [3.63, 3.8) is 0 Å². The highest BCUT2D eigenvalue weighted by Crippen LogP contribution is 2.23. The minimum Gasteiger partial charge on any atom is -0.459 e. The van der Waals surface area contributed by atoms with Crippen molar-refractivity contribution in [2.75, 3.05) is 0 Å². The third kappa shape index (κ3) is 3.74. The second kappa shape index (κ2) is 5.97. The number of hydrogen-bond donors (Lipinski definition) is 1. The highest BCUT2D eigenvalue weighted by Gasteiger charge is 2.27. The molecule has 1 aliphatic rings. The average Bonchev–Trinajstić information content (AvgIpc) is 2.30. The first-order chi connectivity index (χ1) is 8.95. The summed E-state index contributed by atoms with van der Waals surface area (Å²) in [5.41, 5.74) is 1.51. The minimum atomic E-state index is -0.264. The third-order valence-electron chi connectivity index (χ3n) is 3.37. The summed E-state index contributed by atoms with van der Waals surface area (Å²) in [6.45, 7) is 5.92. The molecule has 1 heterocycles. The lowest BCUT2D eigenvalue weighted by atomic mass is 10.0. The Morgan fingerprint density at radius 1 is 1.32 bits per heavy atom. The van der Waals surface area contributed by atoms with Gasteiger partial charge in [0.2, 0.25) is 0 Å². The van der Waals surface area contributed by atoms with E-state index < -0.39 is 0 Å². The molecule has 2 atom stereocenters. The van der Waals surface area contributed by atoms with E-state index in [9.17, 15) is 4.79 Å². The largest absolute Gasteiger partial charge is 0.459 e. The molecule has 0 saturated carbocycles. The van der Waals surface area contributed by atoms with E-state index in [0.29, 0.717) is 5.56 Å². The smallest absolute Gasteiger partial charge is 0.338 e. The maximum Gasteiger partial charge on any atom is 0.338 e. The Balaban J connectivity index is 2.06. The van der Waals surface area contributed by atoms with Crippen LogP contribution in [0.3, 0.4) is 0 Å². The second-order valence-electron chi connectivity index (χ2n) is 5.26. The summed E-state index contributed by atoms with van der Waals surface area (Å²) in [5.74, 6) is -0.264. The number of rotatable bonds is 2. The third-order valence-corrected chi connectivity index (χ3v) is 3.65. The van der Waals surface area contributed by atoms with Crippen molar-refractivity contribution >= 4 is 18.6 Å². The number of carbonyl (C=O) groups excluding carboxylic acids is 1. The topological polar surface area (TPSA) is 35.5 Å². The van der Waals surface area contributed by atoms with Crippen molar-refractivity contribution in [2.24, 2.45) is 0 Å². The zero-order valence-electron chi connectivity index (χ0n) is 11.6. The van der Waals surface area contributed by atoms with Gasteiger partial charge in [0.15, 0.2) is 0 Å². The molecule has 0 aromatic heterocycles. The molecule has 0 bridgehead atoms. The number of benzene rings is 1. The van der Waals surface area contributed by atoms with Gasteiger partial charge in [-0.1, -0.05) is 6.07 Å². The summed E-state index contributed by atoms with van der Waals surface area (Å²) < 4.78 is 11.2. The van der Waals surface area contributed by atoms with Crippen molar-refractivity contribution < 1.29 is 14.3 Å². The van der Waals surface area contributed by atoms with Crippen LogP contribution in [-0.4, -0.2) is 24.3 Å². The Morgan fingerprint density at radius 2 is 1.95 bits per heavy atom. The van der Waals surface area contributed by atoms with Crippen LogP contribution in [-0.2, 0) is 9.47 Å². The van der Waals surface area contributed by atoms with Gasteiger partial charge in [0.25, 0.3) is 0 Å². The molecule has 3 nitrogen and oxygen atoms in total. The van der Waals surface area contributed by atoms with Gasteiger partial charge < -0.3 is 9.47 Å². The first kappa shape index (κ1) is 14.4. The van der Waals surface area contributed by atoms with Crippen LogP contribution in [0, 0.1) is 6.92 Å². The molecule has 4 heteroatoms. The van der Waals surface area contributed by atoms with Crippen molar-refractivity contribution in [1.29, 1.82) is 0 Å². The summed E-state index contributed by atoms with van der Waals surface area (Å²) >= 11 is 4.26. The maximum atomic E-state index is 12.2. The molecule has 1 aromatic carbocycles. The van der Waals surface area contributed by atoms with E-state index in [1.165, 1.54) is 0 Å². The number of ether oxygens (including phenoxy) is 2. The van der Waals surface area contributed by atoms with E-state index in [4.69, 9.17) is 9.47 Å². The molecule has 0 spiro atoms. The maximum absolute atomic E-state index is 12.2. The predicted octanol–water partition coefficient (Wildman–Crippen LogP) is 3.40. The number of aryl methyl sites for hydroxylation is 1. The van der Waals surface area contributed by atoms with Crippen LogP contribution in [0.5, 0.6) is 0 Å². The van der Waals surface area contributed by atoms with Crippen LogP contribution in [0.4, 0.5) is 0 Å². The Labute approximate surface area is 119 Å². The highest BCUT2D eigenvalue weighted by molar-refractivity contribution is 7.80. The standard InChI is InChI=1S/C15H20O3S/c1-9-4-5-13(19)8-14(9)15(16)18-12-6-10(2)17-11(3)7-12/h4-5,8,10-12,19H,6-7H2,1-3H3. The van der Waals surface area contributed by atoms with Crippen LogP contribution >= 0.6 is 12.6 Å². The average molecular weight is 280 g/mol. The Bertz CT molecular complexity index is 462. The molecule has 0 N–H and O–H groups in total. The molecule has 1 saturated heterocycles. The Hall–Kier alpha value is -1.00. The monoisotopic (exact) mass is 280 g/mol. The SMILES string of the molecule is Cc1ccc(S)cc1C(=O)OC1CC(C)OC(C)C1.